The van der Waals surface area contributed by atoms with Crippen LogP contribution < -0.4 is 5.32 Å². The number of rotatable bonds is 3. The van der Waals surface area contributed by atoms with Crippen LogP contribution in [0.25, 0.3) is 0 Å². The fourth-order valence-corrected chi connectivity index (χ4v) is 2.86. The van der Waals surface area contributed by atoms with Crippen molar-refractivity contribution in [3.8, 4) is 11.8 Å². The first kappa shape index (κ1) is 13.7. The molecular weight excluding hydrogens is 280 g/mol. The Labute approximate surface area is 119 Å². The van der Waals surface area contributed by atoms with Gasteiger partial charge in [-0.2, -0.15) is 0 Å². The number of carbonyl (C=O) groups is 1. The summed E-state index contributed by atoms with van der Waals surface area (Å²) in [6, 6.07) is 3.40. The lowest BCUT2D eigenvalue weighted by Crippen LogP contribution is -2.25. The van der Waals surface area contributed by atoms with Crippen LogP contribution in [0.2, 0.25) is 0 Å². The van der Waals surface area contributed by atoms with Crippen molar-refractivity contribution in [2.45, 2.75) is 13.0 Å². The van der Waals surface area contributed by atoms with Crippen molar-refractivity contribution in [1.82, 2.24) is 10.3 Å². The maximum absolute atomic E-state index is 12.0. The Morgan fingerprint density at radius 1 is 1.58 bits per heavy atom. The Morgan fingerprint density at radius 2 is 2.42 bits per heavy atom. The number of hydrogen-bond acceptors (Lipinski definition) is 5. The first-order valence-electron chi connectivity index (χ1n) is 5.60. The Kier molecular flexibility index (Phi) is 4.68. The Morgan fingerprint density at radius 3 is 3.11 bits per heavy atom. The summed E-state index contributed by atoms with van der Waals surface area (Å²) in [6.45, 7) is 1.72. The summed E-state index contributed by atoms with van der Waals surface area (Å²) in [7, 11) is 0. The van der Waals surface area contributed by atoms with Crippen molar-refractivity contribution < 1.29 is 9.90 Å². The highest BCUT2D eigenvalue weighted by molar-refractivity contribution is 7.14. The Hall–Kier alpha value is -1.68. The summed E-state index contributed by atoms with van der Waals surface area (Å²) in [5.41, 5.74) is 0. The van der Waals surface area contributed by atoms with Crippen molar-refractivity contribution in [1.29, 1.82) is 0 Å². The van der Waals surface area contributed by atoms with Gasteiger partial charge in [-0.15, -0.1) is 22.7 Å². The van der Waals surface area contributed by atoms with Gasteiger partial charge >= 0.3 is 0 Å². The van der Waals surface area contributed by atoms with Gasteiger partial charge in [0.15, 0.2) is 0 Å². The third-order valence-electron chi connectivity index (χ3n) is 2.29. The molecule has 0 bridgehead atoms. The zero-order valence-corrected chi connectivity index (χ0v) is 11.8. The average Bonchev–Trinajstić information content (AvgIpc) is 3.07. The first-order chi connectivity index (χ1) is 9.20. The topological polar surface area (TPSA) is 62.2 Å². The van der Waals surface area contributed by atoms with Gasteiger partial charge in [0.2, 0.25) is 0 Å². The highest BCUT2D eigenvalue weighted by atomic mass is 32.1. The predicted molar refractivity (Wildman–Crippen MR) is 76.3 cm³/mol. The molecule has 0 spiro atoms. The van der Waals surface area contributed by atoms with E-state index in [0.717, 1.165) is 9.88 Å². The summed E-state index contributed by atoms with van der Waals surface area (Å²) in [5, 5.41) is 14.3. The predicted octanol–water partition coefficient (Wildman–Crippen LogP) is 2.04. The Balaban J connectivity index is 2.02. The van der Waals surface area contributed by atoms with Crippen molar-refractivity contribution in [3.05, 3.63) is 38.5 Å². The largest absolute Gasteiger partial charge is 0.384 e. The maximum atomic E-state index is 12.0. The second-order valence-corrected chi connectivity index (χ2v) is 5.70. The molecule has 0 aromatic carbocycles. The third kappa shape index (κ3) is 3.64. The molecule has 2 aromatic heterocycles. The molecule has 6 heteroatoms. The fourth-order valence-electron chi connectivity index (χ4n) is 1.43. The minimum atomic E-state index is -0.180. The summed E-state index contributed by atoms with van der Waals surface area (Å²) in [5.74, 6) is 5.20. The molecule has 0 saturated heterocycles. The minimum absolute atomic E-state index is 0.110. The molecule has 4 nitrogen and oxygen atoms in total. The van der Waals surface area contributed by atoms with E-state index < -0.39 is 0 Å². The molecule has 1 atom stereocenters. The molecule has 1 unspecified atom stereocenters. The molecular formula is C13H12N2O2S2. The quantitative estimate of drug-likeness (QED) is 0.851. The van der Waals surface area contributed by atoms with Gasteiger partial charge < -0.3 is 10.4 Å². The molecule has 2 rings (SSSR count). The molecule has 2 N–H and O–H groups in total. The van der Waals surface area contributed by atoms with E-state index in [2.05, 4.69) is 22.1 Å². The van der Waals surface area contributed by atoms with E-state index in [1.165, 1.54) is 22.7 Å². The average molecular weight is 292 g/mol. The smallest absolute Gasteiger partial charge is 0.261 e. The van der Waals surface area contributed by atoms with E-state index in [0.29, 0.717) is 4.88 Å². The van der Waals surface area contributed by atoms with Gasteiger partial charge in [0.25, 0.3) is 5.91 Å². The van der Waals surface area contributed by atoms with Crippen molar-refractivity contribution in [2.24, 2.45) is 0 Å². The standard InChI is InChI=1S/C13H12N2O2S2/c1-9(13-14-6-8-18-13)15-12(17)11-5-4-10(19-11)3-2-7-16/h4-6,8-9,16H,7H2,1H3,(H,15,17). The number of aliphatic hydroxyl groups excluding tert-OH is 1. The second kappa shape index (κ2) is 6.48. The Bertz CT molecular complexity index is 608. The molecule has 0 fully saturated rings. The minimum Gasteiger partial charge on any atom is -0.384 e. The van der Waals surface area contributed by atoms with Crippen LogP contribution in [0, 0.1) is 11.8 Å². The molecule has 0 saturated carbocycles. The first-order valence-corrected chi connectivity index (χ1v) is 7.30. The van der Waals surface area contributed by atoms with Gasteiger partial charge in [-0.1, -0.05) is 11.8 Å². The van der Waals surface area contributed by atoms with Gasteiger partial charge in [0.05, 0.1) is 15.8 Å². The number of thiophene rings is 1. The van der Waals surface area contributed by atoms with Gasteiger partial charge in [-0.25, -0.2) is 4.98 Å². The summed E-state index contributed by atoms with van der Waals surface area (Å²) >= 11 is 2.82. The number of nitrogens with one attached hydrogen (secondary N) is 1. The van der Waals surface area contributed by atoms with Gasteiger partial charge in [-0.05, 0) is 19.1 Å². The number of thiazole rings is 1. The number of carbonyl (C=O) groups excluding carboxylic acids is 1. The molecule has 0 aliphatic rings. The van der Waals surface area contributed by atoms with Crippen LogP contribution in [-0.2, 0) is 0 Å². The highest BCUT2D eigenvalue weighted by Gasteiger charge is 2.14. The SMILES string of the molecule is CC(NC(=O)c1ccc(C#CCO)s1)c1nccs1. The fraction of sp³-hybridized carbons (Fsp3) is 0.231. The number of hydrogen-bond donors (Lipinski definition) is 2. The lowest BCUT2D eigenvalue weighted by atomic mass is 10.3. The number of aliphatic hydroxyl groups is 1. The molecule has 0 aliphatic heterocycles. The summed E-state index contributed by atoms with van der Waals surface area (Å²) in [4.78, 5) is 17.5. The van der Waals surface area contributed by atoms with Gasteiger partial charge in [0.1, 0.15) is 11.6 Å². The van der Waals surface area contributed by atoms with E-state index in [-0.39, 0.29) is 18.6 Å². The molecule has 2 aromatic rings. The van der Waals surface area contributed by atoms with Gasteiger partial charge in [0, 0.05) is 11.6 Å². The molecule has 0 radical (unpaired) electrons. The van der Waals surface area contributed by atoms with Crippen molar-refractivity contribution in [3.63, 3.8) is 0 Å². The molecule has 0 aliphatic carbocycles. The normalized spacial score (nSPS) is 11.5. The van der Waals surface area contributed by atoms with Crippen LogP contribution in [-0.4, -0.2) is 22.6 Å². The van der Waals surface area contributed by atoms with Crippen LogP contribution in [0.15, 0.2) is 23.7 Å². The maximum Gasteiger partial charge on any atom is 0.261 e. The third-order valence-corrected chi connectivity index (χ3v) is 4.25. The molecule has 1 amide bonds. The number of amides is 1. The molecule has 2 heterocycles. The van der Waals surface area contributed by atoms with E-state index in [9.17, 15) is 4.79 Å². The van der Waals surface area contributed by atoms with Gasteiger partial charge in [-0.3, -0.25) is 4.79 Å². The van der Waals surface area contributed by atoms with Crippen LogP contribution in [0.1, 0.15) is 32.5 Å². The zero-order chi connectivity index (χ0) is 13.7. The van der Waals surface area contributed by atoms with Crippen LogP contribution >= 0.6 is 22.7 Å². The van der Waals surface area contributed by atoms with E-state index in [4.69, 9.17) is 5.11 Å². The number of nitrogens with zero attached hydrogens (tertiary/aromatic N) is 1. The van der Waals surface area contributed by atoms with E-state index >= 15 is 0 Å². The molecule has 98 valence electrons. The lowest BCUT2D eigenvalue weighted by Gasteiger charge is -2.09. The molecule has 19 heavy (non-hydrogen) atoms. The summed E-state index contributed by atoms with van der Waals surface area (Å²) < 4.78 is 0. The second-order valence-electron chi connectivity index (χ2n) is 3.69. The lowest BCUT2D eigenvalue weighted by molar-refractivity contribution is 0.0944. The summed E-state index contributed by atoms with van der Waals surface area (Å²) in [6.07, 6.45) is 1.72. The number of aromatic nitrogens is 1. The van der Waals surface area contributed by atoms with Crippen LogP contribution in [0.3, 0.4) is 0 Å². The van der Waals surface area contributed by atoms with Crippen LogP contribution in [0.4, 0.5) is 0 Å². The van der Waals surface area contributed by atoms with Crippen LogP contribution in [0.5, 0.6) is 0 Å². The van der Waals surface area contributed by atoms with E-state index in [1.54, 1.807) is 18.3 Å². The van der Waals surface area contributed by atoms with E-state index in [1.807, 2.05) is 12.3 Å². The zero-order valence-electron chi connectivity index (χ0n) is 10.2. The monoisotopic (exact) mass is 292 g/mol. The van der Waals surface area contributed by atoms with Crippen molar-refractivity contribution >= 4 is 28.6 Å². The van der Waals surface area contributed by atoms with Crippen molar-refractivity contribution in [2.75, 3.05) is 6.61 Å². The highest BCUT2D eigenvalue weighted by Crippen LogP contribution is 2.19.